The summed E-state index contributed by atoms with van der Waals surface area (Å²) in [4.78, 5) is 31.8. The Morgan fingerprint density at radius 3 is 2.98 bits per heavy atom. The molecule has 0 unspecified atom stereocenters. The van der Waals surface area contributed by atoms with Crippen molar-refractivity contribution < 1.29 is 24.2 Å². The summed E-state index contributed by atoms with van der Waals surface area (Å²) in [5.41, 5.74) is 4.24. The molecule has 0 saturated heterocycles. The number of rotatable bonds is 12. The molecule has 1 aliphatic rings. The summed E-state index contributed by atoms with van der Waals surface area (Å²) >= 11 is 0. The van der Waals surface area contributed by atoms with Gasteiger partial charge < -0.3 is 25.2 Å². The molecule has 0 fully saturated rings. The molecule has 3 N–H and O–H groups in total. The minimum absolute atomic E-state index is 0.213. The number of amides is 1. The first-order valence-corrected chi connectivity index (χ1v) is 13.1. The second-order valence-electron chi connectivity index (χ2n) is 9.54. The maximum atomic E-state index is 11.7. The number of alkyl carbamates (subject to hydrolysis) is 1. The summed E-state index contributed by atoms with van der Waals surface area (Å²) in [6, 6.07) is 9.14. The molecule has 11 nitrogen and oxygen atoms in total. The van der Waals surface area contributed by atoms with E-state index in [-0.39, 0.29) is 13.0 Å². The third-order valence-electron chi connectivity index (χ3n) is 6.47. The van der Waals surface area contributed by atoms with E-state index in [0.29, 0.717) is 24.4 Å². The lowest BCUT2D eigenvalue weighted by atomic mass is 10.1. The molecule has 210 valence electrons. The average Bonchev–Trinajstić information content (AvgIpc) is 3.37. The first-order chi connectivity index (χ1) is 19.3. The fourth-order valence-corrected chi connectivity index (χ4v) is 4.37. The van der Waals surface area contributed by atoms with Crippen LogP contribution in [-0.2, 0) is 22.4 Å². The topological polar surface area (TPSA) is 140 Å². The number of fused-ring (bicyclic) bond motifs is 2. The number of aliphatic imine (C=N–C) groups is 1. The summed E-state index contributed by atoms with van der Waals surface area (Å²) in [7, 11) is 1.29. The number of carboxylic acids is 1. The molecular weight excluding hydrogens is 512 g/mol. The second-order valence-corrected chi connectivity index (χ2v) is 9.54. The van der Waals surface area contributed by atoms with Gasteiger partial charge in [-0.05, 0) is 60.7 Å². The van der Waals surface area contributed by atoms with E-state index in [4.69, 9.17) is 9.72 Å². The van der Waals surface area contributed by atoms with Gasteiger partial charge in [-0.25, -0.2) is 9.78 Å². The van der Waals surface area contributed by atoms with E-state index >= 15 is 0 Å². The number of carboxylic acid groups (broad SMARTS) is 1. The van der Waals surface area contributed by atoms with Crippen molar-refractivity contribution in [2.75, 3.05) is 32.1 Å². The average molecular weight is 547 g/mol. The number of carbonyl (C=O) groups is 2. The van der Waals surface area contributed by atoms with E-state index < -0.39 is 18.1 Å². The van der Waals surface area contributed by atoms with Gasteiger partial charge in [0.1, 0.15) is 11.6 Å². The van der Waals surface area contributed by atoms with Gasteiger partial charge in [0.2, 0.25) is 0 Å². The van der Waals surface area contributed by atoms with Crippen molar-refractivity contribution in [2.24, 2.45) is 4.99 Å². The number of nitrogens with one attached hydrogen (secondary N) is 2. The number of methoxy groups -OCH3 is 1. The predicted molar refractivity (Wildman–Crippen MR) is 153 cm³/mol. The van der Waals surface area contributed by atoms with E-state index in [9.17, 15) is 14.7 Å². The molecule has 1 amide bonds. The molecule has 0 bridgehead atoms. The summed E-state index contributed by atoms with van der Waals surface area (Å²) in [6.07, 6.45) is 6.87. The van der Waals surface area contributed by atoms with Crippen molar-refractivity contribution in [3.05, 3.63) is 71.7 Å². The molecule has 1 aromatic carbocycles. The Morgan fingerprint density at radius 1 is 1.32 bits per heavy atom. The van der Waals surface area contributed by atoms with Gasteiger partial charge in [-0.1, -0.05) is 12.6 Å². The van der Waals surface area contributed by atoms with Crippen LogP contribution in [0.25, 0.3) is 10.9 Å². The maximum Gasteiger partial charge on any atom is 0.407 e. The van der Waals surface area contributed by atoms with Gasteiger partial charge in [-0.15, -0.1) is 0 Å². The van der Waals surface area contributed by atoms with Gasteiger partial charge in [0.15, 0.2) is 0 Å². The number of carbonyl (C=O) groups excluding carboxylic acids is 1. The molecular formula is C29H34N6O5. The molecule has 0 aliphatic carbocycles. The Kier molecular flexibility index (Phi) is 9.50. The number of hydrogen-bond acceptors (Lipinski definition) is 8. The summed E-state index contributed by atoms with van der Waals surface area (Å²) < 4.78 is 12.2. The zero-order valence-corrected chi connectivity index (χ0v) is 22.7. The fourth-order valence-electron chi connectivity index (χ4n) is 4.37. The van der Waals surface area contributed by atoms with Crippen LogP contribution in [0.5, 0.6) is 5.75 Å². The molecule has 11 heteroatoms. The van der Waals surface area contributed by atoms with Crippen molar-refractivity contribution in [1.82, 2.24) is 20.1 Å². The predicted octanol–water partition coefficient (Wildman–Crippen LogP) is 4.31. The first-order valence-electron chi connectivity index (χ1n) is 13.1. The van der Waals surface area contributed by atoms with E-state index in [0.717, 1.165) is 47.4 Å². The highest BCUT2D eigenvalue weighted by atomic mass is 16.5. The Balaban J connectivity index is 1.41. The van der Waals surface area contributed by atoms with Crippen molar-refractivity contribution in [2.45, 2.75) is 38.6 Å². The number of hydrogen-bond donors (Lipinski definition) is 3. The number of aromatic nitrogens is 3. The zero-order valence-electron chi connectivity index (χ0n) is 22.7. The molecule has 0 spiro atoms. The standard InChI is InChI=1S/C29H34N6O5/c1-19(16-32-29(38)39-3)15-30-17-20(2)26(14-27(36)37)35-25-9-8-24(13-22(25)18-33-35)40-12-10-23-7-6-21-5-4-11-31-28(21)34-23/h6-9,13,15,17-18,26H,2,4-5,10-12,14,16H2,1,3H3,(H,31,34)(H,32,38)(H,36,37)/b19-15+,30-17-/t26-/m0/s1. The third-order valence-corrected chi connectivity index (χ3v) is 6.47. The first kappa shape index (κ1) is 28.3. The molecule has 40 heavy (non-hydrogen) atoms. The van der Waals surface area contributed by atoms with Crippen LogP contribution in [-0.4, -0.2) is 65.0 Å². The molecule has 0 radical (unpaired) electrons. The van der Waals surface area contributed by atoms with Crippen molar-refractivity contribution in [3.8, 4) is 5.75 Å². The minimum atomic E-state index is -0.983. The smallest absolute Gasteiger partial charge is 0.407 e. The Morgan fingerprint density at radius 2 is 2.17 bits per heavy atom. The van der Waals surface area contributed by atoms with Crippen molar-refractivity contribution in [3.63, 3.8) is 0 Å². The van der Waals surface area contributed by atoms with Crippen LogP contribution in [0.1, 0.15) is 37.1 Å². The number of ether oxygens (including phenoxy) is 2. The largest absolute Gasteiger partial charge is 0.493 e. The fraction of sp³-hybridized carbons (Fsp3) is 0.345. The number of anilines is 1. The number of allylic oxidation sites excluding steroid dienone is 1. The number of benzene rings is 1. The number of aliphatic carboxylic acids is 1. The SMILES string of the molecule is C=C(/C=N\C=C(/C)CNC(=O)OC)[C@H](CC(=O)O)n1ncc2cc(OCCc3ccc4c(n3)NCCC4)ccc21. The Hall–Kier alpha value is -4.67. The Bertz CT molecular complexity index is 1440. The van der Waals surface area contributed by atoms with Crippen molar-refractivity contribution in [1.29, 1.82) is 0 Å². The molecule has 3 aromatic rings. The normalized spacial score (nSPS) is 13.9. The van der Waals surface area contributed by atoms with Crippen LogP contribution >= 0.6 is 0 Å². The third kappa shape index (κ3) is 7.46. The maximum absolute atomic E-state index is 11.7. The van der Waals surface area contributed by atoms with E-state index in [1.807, 2.05) is 18.2 Å². The highest BCUT2D eigenvalue weighted by molar-refractivity contribution is 5.84. The minimum Gasteiger partial charge on any atom is -0.493 e. The van der Waals surface area contributed by atoms with Gasteiger partial charge in [0.05, 0.1) is 37.9 Å². The van der Waals surface area contributed by atoms with Crippen LogP contribution < -0.4 is 15.4 Å². The van der Waals surface area contributed by atoms with E-state index in [2.05, 4.69) is 44.2 Å². The van der Waals surface area contributed by atoms with Crippen LogP contribution in [0.4, 0.5) is 10.6 Å². The summed E-state index contributed by atoms with van der Waals surface area (Å²) in [5.74, 6) is 0.685. The molecule has 0 saturated carbocycles. The number of pyridine rings is 1. The molecule has 2 aromatic heterocycles. The number of nitrogens with zero attached hydrogens (tertiary/aromatic N) is 4. The lowest BCUT2D eigenvalue weighted by Gasteiger charge is -2.17. The van der Waals surface area contributed by atoms with Gasteiger partial charge in [0, 0.05) is 43.0 Å². The van der Waals surface area contributed by atoms with Gasteiger partial charge in [-0.2, -0.15) is 5.10 Å². The lowest BCUT2D eigenvalue weighted by molar-refractivity contribution is -0.137. The summed E-state index contributed by atoms with van der Waals surface area (Å²) in [6.45, 7) is 7.53. The van der Waals surface area contributed by atoms with Gasteiger partial charge in [-0.3, -0.25) is 14.5 Å². The van der Waals surface area contributed by atoms with Crippen LogP contribution in [0, 0.1) is 0 Å². The monoisotopic (exact) mass is 546 g/mol. The summed E-state index contributed by atoms with van der Waals surface area (Å²) in [5, 5.41) is 20.7. The van der Waals surface area contributed by atoms with Crippen LogP contribution in [0.2, 0.25) is 0 Å². The van der Waals surface area contributed by atoms with E-state index in [1.54, 1.807) is 24.0 Å². The Labute approximate surface area is 232 Å². The highest BCUT2D eigenvalue weighted by Crippen LogP contribution is 2.27. The highest BCUT2D eigenvalue weighted by Gasteiger charge is 2.21. The lowest BCUT2D eigenvalue weighted by Crippen LogP contribution is -2.24. The molecule has 4 rings (SSSR count). The molecule has 3 heterocycles. The van der Waals surface area contributed by atoms with E-state index in [1.165, 1.54) is 18.9 Å². The van der Waals surface area contributed by atoms with Gasteiger partial charge >= 0.3 is 12.1 Å². The molecule has 1 atom stereocenters. The number of aryl methyl sites for hydroxylation is 1. The molecule has 1 aliphatic heterocycles. The van der Waals surface area contributed by atoms with Gasteiger partial charge in [0.25, 0.3) is 0 Å². The van der Waals surface area contributed by atoms with Crippen LogP contribution in [0.3, 0.4) is 0 Å². The van der Waals surface area contributed by atoms with Crippen molar-refractivity contribution >= 4 is 35.0 Å². The van der Waals surface area contributed by atoms with Crippen LogP contribution in [0.15, 0.2) is 65.4 Å². The zero-order chi connectivity index (χ0) is 28.5. The second kappa shape index (κ2) is 13.4. The quantitative estimate of drug-likeness (QED) is 0.286.